The minimum Gasteiger partial charge on any atom is -0.354 e. The van der Waals surface area contributed by atoms with E-state index in [9.17, 15) is 4.79 Å². The van der Waals surface area contributed by atoms with Crippen molar-refractivity contribution in [3.8, 4) is 0 Å². The van der Waals surface area contributed by atoms with Crippen molar-refractivity contribution in [1.29, 1.82) is 5.41 Å². The molecule has 0 aliphatic heterocycles. The topological polar surface area (TPSA) is 90.8 Å². The molecule has 2 heterocycles. The van der Waals surface area contributed by atoms with E-state index in [4.69, 9.17) is 5.41 Å². The van der Waals surface area contributed by atoms with Crippen LogP contribution in [0.25, 0.3) is 0 Å². The average Bonchev–Trinajstić information content (AvgIpc) is 2.41. The van der Waals surface area contributed by atoms with Gasteiger partial charge in [-0.1, -0.05) is 0 Å². The maximum absolute atomic E-state index is 10.4. The van der Waals surface area contributed by atoms with Crippen LogP contribution < -0.4 is 10.6 Å². The highest BCUT2D eigenvalue weighted by molar-refractivity contribution is 5.89. The molecule has 0 aromatic carbocycles. The molecule has 2 aromatic heterocycles. The second-order valence-corrected chi connectivity index (χ2v) is 3.87. The van der Waals surface area contributed by atoms with E-state index in [1.54, 1.807) is 18.5 Å². The fraction of sp³-hybridized carbons (Fsp3) is 0.0769. The van der Waals surface area contributed by atoms with Gasteiger partial charge in [0.1, 0.15) is 5.82 Å². The lowest BCUT2D eigenvalue weighted by Gasteiger charge is -2.10. The summed E-state index contributed by atoms with van der Waals surface area (Å²) in [5, 5.41) is 13.0. The first-order valence-corrected chi connectivity index (χ1v) is 5.63. The van der Waals surface area contributed by atoms with Gasteiger partial charge in [-0.05, 0) is 25.1 Å². The number of pyridine rings is 2. The molecule has 0 saturated carbocycles. The summed E-state index contributed by atoms with van der Waals surface area (Å²) in [5.74, 6) is 0.407. The van der Waals surface area contributed by atoms with Crippen molar-refractivity contribution in [3.05, 3.63) is 41.9 Å². The van der Waals surface area contributed by atoms with E-state index < -0.39 is 0 Å². The summed E-state index contributed by atoms with van der Waals surface area (Å²) in [6.07, 6.45) is 5.03. The predicted molar refractivity (Wildman–Crippen MR) is 74.1 cm³/mol. The minimum atomic E-state index is 0.407. The smallest absolute Gasteiger partial charge is 0.212 e. The molecule has 0 atom stereocenters. The largest absolute Gasteiger partial charge is 0.354 e. The summed E-state index contributed by atoms with van der Waals surface area (Å²) in [6, 6.07) is 5.35. The number of nitrogens with one attached hydrogen (secondary N) is 3. The van der Waals surface area contributed by atoms with Gasteiger partial charge in [0.25, 0.3) is 0 Å². The molecule has 0 unspecified atom stereocenters. The molecule has 2 rings (SSSR count). The Bertz CT molecular complexity index is 612. The van der Waals surface area contributed by atoms with Gasteiger partial charge in [0.05, 0.1) is 11.9 Å². The summed E-state index contributed by atoms with van der Waals surface area (Å²) >= 11 is 0. The molecule has 2 aromatic rings. The van der Waals surface area contributed by atoms with Crippen molar-refractivity contribution in [2.24, 2.45) is 0 Å². The molecular weight excluding hydrogens is 242 g/mol. The Labute approximate surface area is 110 Å². The third-order valence-electron chi connectivity index (χ3n) is 2.47. The van der Waals surface area contributed by atoms with Gasteiger partial charge in [-0.25, -0.2) is 4.98 Å². The molecule has 0 bridgehead atoms. The molecule has 1 amide bonds. The van der Waals surface area contributed by atoms with Gasteiger partial charge in [0.2, 0.25) is 6.41 Å². The molecule has 0 spiro atoms. The number of carbonyl (C=O) groups is 1. The lowest BCUT2D eigenvalue weighted by Crippen LogP contribution is -2.01. The van der Waals surface area contributed by atoms with Crippen LogP contribution in [0.1, 0.15) is 11.3 Å². The van der Waals surface area contributed by atoms with Gasteiger partial charge < -0.3 is 16.0 Å². The highest BCUT2D eigenvalue weighted by Gasteiger charge is 2.04. The monoisotopic (exact) mass is 255 g/mol. The highest BCUT2D eigenvalue weighted by Crippen LogP contribution is 2.21. The molecule has 0 saturated heterocycles. The van der Waals surface area contributed by atoms with Crippen LogP contribution in [0, 0.1) is 12.3 Å². The Hall–Kier alpha value is -2.76. The van der Waals surface area contributed by atoms with Gasteiger partial charge in [-0.3, -0.25) is 9.78 Å². The van der Waals surface area contributed by atoms with E-state index in [2.05, 4.69) is 20.6 Å². The second kappa shape index (κ2) is 5.72. The maximum atomic E-state index is 10.4. The van der Waals surface area contributed by atoms with Crippen molar-refractivity contribution in [1.82, 2.24) is 9.97 Å². The first-order chi connectivity index (χ1) is 9.22. The van der Waals surface area contributed by atoms with Crippen LogP contribution >= 0.6 is 0 Å². The van der Waals surface area contributed by atoms with E-state index in [1.807, 2.05) is 19.1 Å². The first-order valence-electron chi connectivity index (χ1n) is 5.63. The lowest BCUT2D eigenvalue weighted by molar-refractivity contribution is -0.105. The highest BCUT2D eigenvalue weighted by atomic mass is 16.1. The number of nitrogens with zero attached hydrogens (tertiary/aromatic N) is 2. The molecule has 0 radical (unpaired) electrons. The quantitative estimate of drug-likeness (QED) is 0.563. The Balaban J connectivity index is 2.29. The number of hydrogen-bond donors (Lipinski definition) is 3. The summed E-state index contributed by atoms with van der Waals surface area (Å²) in [5.41, 5.74) is 3.09. The van der Waals surface area contributed by atoms with Gasteiger partial charge in [0, 0.05) is 29.4 Å². The number of aryl methyl sites for hydroxylation is 1. The fourth-order valence-corrected chi connectivity index (χ4v) is 1.61. The molecule has 0 aliphatic carbocycles. The van der Waals surface area contributed by atoms with Crippen molar-refractivity contribution >= 4 is 29.8 Å². The summed E-state index contributed by atoms with van der Waals surface area (Å²) in [4.78, 5) is 18.5. The van der Waals surface area contributed by atoms with Crippen LogP contribution in [0.3, 0.4) is 0 Å². The molecule has 0 aliphatic rings. The number of anilines is 3. The second-order valence-electron chi connectivity index (χ2n) is 3.87. The van der Waals surface area contributed by atoms with E-state index in [1.165, 1.54) is 6.21 Å². The third kappa shape index (κ3) is 3.12. The molecule has 6 nitrogen and oxygen atoms in total. The summed E-state index contributed by atoms with van der Waals surface area (Å²) < 4.78 is 0. The van der Waals surface area contributed by atoms with Crippen LogP contribution in [-0.4, -0.2) is 22.6 Å². The Kier molecular flexibility index (Phi) is 3.82. The standard InChI is InChI=1S/C13H13N5O/c1-9-4-11(2-3-15-9)18-12-7-16-13(17-8-19)5-10(12)6-14/h2-8,14H,1H3,(H,15,18)(H,16,17,19). The Morgan fingerprint density at radius 2 is 2.16 bits per heavy atom. The van der Waals surface area contributed by atoms with Crippen LogP contribution in [0.4, 0.5) is 17.2 Å². The van der Waals surface area contributed by atoms with E-state index in [-0.39, 0.29) is 0 Å². The van der Waals surface area contributed by atoms with Crippen LogP contribution in [0.5, 0.6) is 0 Å². The third-order valence-corrected chi connectivity index (χ3v) is 2.47. The first kappa shape index (κ1) is 12.7. The van der Waals surface area contributed by atoms with E-state index in [0.717, 1.165) is 11.4 Å². The predicted octanol–water partition coefficient (Wildman–Crippen LogP) is 2.09. The summed E-state index contributed by atoms with van der Waals surface area (Å²) in [6.45, 7) is 1.90. The lowest BCUT2D eigenvalue weighted by atomic mass is 10.2. The van der Waals surface area contributed by atoms with Crippen molar-refractivity contribution in [2.45, 2.75) is 6.92 Å². The van der Waals surface area contributed by atoms with Gasteiger partial charge in [-0.2, -0.15) is 0 Å². The zero-order valence-electron chi connectivity index (χ0n) is 10.3. The van der Waals surface area contributed by atoms with Crippen LogP contribution in [0.2, 0.25) is 0 Å². The number of aromatic nitrogens is 2. The van der Waals surface area contributed by atoms with Crippen LogP contribution in [-0.2, 0) is 4.79 Å². The van der Waals surface area contributed by atoms with Gasteiger partial charge in [-0.15, -0.1) is 0 Å². The summed E-state index contributed by atoms with van der Waals surface area (Å²) in [7, 11) is 0. The molecule has 3 N–H and O–H groups in total. The molecule has 19 heavy (non-hydrogen) atoms. The molecule has 0 fully saturated rings. The number of hydrogen-bond acceptors (Lipinski definition) is 5. The molecular formula is C13H13N5O. The van der Waals surface area contributed by atoms with Crippen LogP contribution in [0.15, 0.2) is 30.6 Å². The Morgan fingerprint density at radius 1 is 1.32 bits per heavy atom. The average molecular weight is 255 g/mol. The number of amides is 1. The SMILES string of the molecule is Cc1cc(Nc2cnc(NC=O)cc2C=N)ccn1. The Morgan fingerprint density at radius 3 is 2.84 bits per heavy atom. The molecule has 96 valence electrons. The van der Waals surface area contributed by atoms with E-state index in [0.29, 0.717) is 23.5 Å². The minimum absolute atomic E-state index is 0.407. The van der Waals surface area contributed by atoms with Gasteiger partial charge >= 0.3 is 0 Å². The van der Waals surface area contributed by atoms with E-state index >= 15 is 0 Å². The maximum Gasteiger partial charge on any atom is 0.212 e. The number of rotatable bonds is 5. The van der Waals surface area contributed by atoms with Gasteiger partial charge in [0.15, 0.2) is 0 Å². The normalized spacial score (nSPS) is 9.74. The zero-order chi connectivity index (χ0) is 13.7. The number of carbonyl (C=O) groups excluding carboxylic acids is 1. The van der Waals surface area contributed by atoms with Crippen molar-refractivity contribution in [2.75, 3.05) is 10.6 Å². The molecule has 6 heteroatoms. The zero-order valence-corrected chi connectivity index (χ0v) is 10.3. The van der Waals surface area contributed by atoms with Crippen molar-refractivity contribution in [3.63, 3.8) is 0 Å². The fourth-order valence-electron chi connectivity index (χ4n) is 1.61. The van der Waals surface area contributed by atoms with Crippen molar-refractivity contribution < 1.29 is 4.79 Å².